The molecule has 7 heteroatoms. The van der Waals surface area contributed by atoms with Gasteiger partial charge in [0.2, 0.25) is 0 Å². The third-order valence-corrected chi connectivity index (χ3v) is 3.99. The Bertz CT molecular complexity index is 643. The molecule has 0 aliphatic heterocycles. The van der Waals surface area contributed by atoms with Crippen molar-refractivity contribution >= 4 is 35.0 Å². The third kappa shape index (κ3) is 3.27. The maximum atomic E-state index is 11.4. The summed E-state index contributed by atoms with van der Waals surface area (Å²) in [5.41, 5.74) is 9.28. The lowest BCUT2D eigenvalue weighted by Gasteiger charge is -2.04. The Morgan fingerprint density at radius 3 is 2.85 bits per heavy atom. The van der Waals surface area contributed by atoms with E-state index in [4.69, 9.17) is 27.6 Å². The number of halogens is 1. The molecule has 0 saturated carbocycles. The van der Waals surface area contributed by atoms with Crippen molar-refractivity contribution in [1.29, 1.82) is 0 Å². The summed E-state index contributed by atoms with van der Waals surface area (Å²) in [6.45, 7) is 1.79. The van der Waals surface area contributed by atoms with Crippen molar-refractivity contribution in [2.24, 2.45) is 5.84 Å². The second-order valence-electron chi connectivity index (χ2n) is 4.17. The van der Waals surface area contributed by atoms with Gasteiger partial charge in [0.1, 0.15) is 5.76 Å². The Balaban J connectivity index is 2.09. The molecule has 0 fully saturated rings. The maximum absolute atomic E-state index is 11.4. The molecule has 0 bridgehead atoms. The number of thioether (sulfide) groups is 1. The number of nitrogens with two attached hydrogens (primary N) is 2. The van der Waals surface area contributed by atoms with E-state index in [0.717, 1.165) is 10.5 Å². The average Bonchev–Trinajstić information content (AvgIpc) is 2.78. The number of rotatable bonds is 4. The van der Waals surface area contributed by atoms with Gasteiger partial charge in [-0.05, 0) is 31.2 Å². The zero-order chi connectivity index (χ0) is 14.7. The molecule has 5 nitrogen and oxygen atoms in total. The van der Waals surface area contributed by atoms with E-state index in [1.54, 1.807) is 19.1 Å². The zero-order valence-corrected chi connectivity index (χ0v) is 12.3. The second-order valence-corrected chi connectivity index (χ2v) is 5.62. The van der Waals surface area contributed by atoms with Crippen molar-refractivity contribution in [3.63, 3.8) is 0 Å². The lowest BCUT2D eigenvalue weighted by atomic mass is 10.2. The Morgan fingerprint density at radius 1 is 1.45 bits per heavy atom. The van der Waals surface area contributed by atoms with Crippen LogP contribution in [-0.2, 0) is 5.75 Å². The molecule has 2 aromatic rings. The first-order valence-corrected chi connectivity index (χ1v) is 7.15. The van der Waals surface area contributed by atoms with Gasteiger partial charge in [0, 0.05) is 21.2 Å². The van der Waals surface area contributed by atoms with Crippen LogP contribution in [0.25, 0.3) is 0 Å². The van der Waals surface area contributed by atoms with Crippen molar-refractivity contribution in [3.8, 4) is 0 Å². The third-order valence-electron chi connectivity index (χ3n) is 2.65. The summed E-state index contributed by atoms with van der Waals surface area (Å²) in [5.74, 6) is 6.12. The van der Waals surface area contributed by atoms with Crippen LogP contribution in [0.2, 0.25) is 5.02 Å². The molecule has 0 aliphatic carbocycles. The summed E-state index contributed by atoms with van der Waals surface area (Å²) in [6.07, 6.45) is 0. The van der Waals surface area contributed by atoms with Crippen LogP contribution in [0.4, 0.5) is 5.69 Å². The van der Waals surface area contributed by atoms with Crippen LogP contribution < -0.4 is 17.0 Å². The van der Waals surface area contributed by atoms with Gasteiger partial charge in [-0.25, -0.2) is 5.84 Å². The summed E-state index contributed by atoms with van der Waals surface area (Å²) >= 11 is 7.35. The molecule has 2 rings (SSSR count). The Hall–Kier alpha value is -1.63. The van der Waals surface area contributed by atoms with Crippen LogP contribution in [0.1, 0.15) is 21.9 Å². The van der Waals surface area contributed by atoms with Crippen molar-refractivity contribution in [2.45, 2.75) is 17.6 Å². The SMILES string of the molecule is Cc1cc(CSc2ccc(Cl)cc2N)oc1C(=O)NN. The van der Waals surface area contributed by atoms with Gasteiger partial charge in [-0.1, -0.05) is 11.6 Å². The van der Waals surface area contributed by atoms with Crippen LogP contribution >= 0.6 is 23.4 Å². The summed E-state index contributed by atoms with van der Waals surface area (Å²) in [5, 5.41) is 0.600. The van der Waals surface area contributed by atoms with E-state index in [2.05, 4.69) is 5.43 Å². The van der Waals surface area contributed by atoms with Crippen LogP contribution in [0.3, 0.4) is 0 Å². The van der Waals surface area contributed by atoms with Crippen LogP contribution in [0.5, 0.6) is 0 Å². The average molecular weight is 312 g/mol. The number of furan rings is 1. The van der Waals surface area contributed by atoms with E-state index < -0.39 is 5.91 Å². The number of nitrogen functional groups attached to an aromatic ring is 2. The maximum Gasteiger partial charge on any atom is 0.301 e. The Labute approximate surface area is 125 Å². The molecule has 0 radical (unpaired) electrons. The molecule has 0 unspecified atom stereocenters. The van der Waals surface area contributed by atoms with Gasteiger partial charge in [-0.15, -0.1) is 11.8 Å². The highest BCUT2D eigenvalue weighted by Crippen LogP contribution is 2.31. The van der Waals surface area contributed by atoms with E-state index in [-0.39, 0.29) is 5.76 Å². The fraction of sp³-hybridized carbons (Fsp3) is 0.154. The Morgan fingerprint density at radius 2 is 2.20 bits per heavy atom. The molecule has 0 saturated heterocycles. The predicted molar refractivity (Wildman–Crippen MR) is 80.5 cm³/mol. The molecule has 5 N–H and O–H groups in total. The number of aryl methyl sites for hydroxylation is 1. The minimum atomic E-state index is -0.440. The van der Waals surface area contributed by atoms with E-state index in [1.807, 2.05) is 12.1 Å². The number of amides is 1. The number of carbonyl (C=O) groups is 1. The number of anilines is 1. The van der Waals surface area contributed by atoms with E-state index in [1.165, 1.54) is 11.8 Å². The van der Waals surface area contributed by atoms with Crippen LogP contribution in [0.15, 0.2) is 33.6 Å². The molecule has 0 spiro atoms. The first-order valence-electron chi connectivity index (χ1n) is 5.79. The van der Waals surface area contributed by atoms with Gasteiger partial charge in [0.25, 0.3) is 0 Å². The minimum Gasteiger partial charge on any atom is -0.455 e. The normalized spacial score (nSPS) is 10.6. The number of hydrazine groups is 1. The van der Waals surface area contributed by atoms with Crippen molar-refractivity contribution < 1.29 is 9.21 Å². The van der Waals surface area contributed by atoms with Gasteiger partial charge in [0.15, 0.2) is 5.76 Å². The minimum absolute atomic E-state index is 0.229. The standard InChI is InChI=1S/C13H14ClN3O2S/c1-7-4-9(19-12(7)13(18)17-16)6-20-11-3-2-8(14)5-10(11)15/h2-5H,6,15-16H2,1H3,(H,17,18). The first kappa shape index (κ1) is 14.8. The summed E-state index contributed by atoms with van der Waals surface area (Å²) in [4.78, 5) is 12.4. The fourth-order valence-corrected chi connectivity index (χ4v) is 2.72. The fourth-order valence-electron chi connectivity index (χ4n) is 1.71. The number of nitrogens with one attached hydrogen (secondary N) is 1. The number of hydrogen-bond acceptors (Lipinski definition) is 5. The van der Waals surface area contributed by atoms with Gasteiger partial charge in [0.05, 0.1) is 5.75 Å². The highest BCUT2D eigenvalue weighted by atomic mass is 35.5. The van der Waals surface area contributed by atoms with Gasteiger partial charge >= 0.3 is 5.91 Å². The lowest BCUT2D eigenvalue weighted by Crippen LogP contribution is -2.30. The largest absolute Gasteiger partial charge is 0.455 e. The topological polar surface area (TPSA) is 94.3 Å². The molecule has 1 amide bonds. The molecule has 0 aliphatic rings. The van der Waals surface area contributed by atoms with Crippen molar-refractivity contribution in [2.75, 3.05) is 5.73 Å². The first-order chi connectivity index (χ1) is 9.51. The molecule has 1 aromatic carbocycles. The molecule has 0 atom stereocenters. The highest BCUT2D eigenvalue weighted by Gasteiger charge is 2.14. The van der Waals surface area contributed by atoms with Crippen molar-refractivity contribution in [1.82, 2.24) is 5.43 Å². The second kappa shape index (κ2) is 6.21. The number of carbonyl (C=O) groups excluding carboxylic acids is 1. The number of benzene rings is 1. The molecule has 1 aromatic heterocycles. The molecule has 20 heavy (non-hydrogen) atoms. The van der Waals surface area contributed by atoms with E-state index in [0.29, 0.717) is 22.2 Å². The molecule has 1 heterocycles. The Kier molecular flexibility index (Phi) is 4.59. The van der Waals surface area contributed by atoms with Gasteiger partial charge in [-0.3, -0.25) is 10.2 Å². The smallest absolute Gasteiger partial charge is 0.301 e. The van der Waals surface area contributed by atoms with Gasteiger partial charge in [-0.2, -0.15) is 0 Å². The molecular weight excluding hydrogens is 298 g/mol. The lowest BCUT2D eigenvalue weighted by molar-refractivity contribution is 0.0923. The monoisotopic (exact) mass is 311 g/mol. The highest BCUT2D eigenvalue weighted by molar-refractivity contribution is 7.98. The van der Waals surface area contributed by atoms with E-state index in [9.17, 15) is 4.79 Å². The molecular formula is C13H14ClN3O2S. The zero-order valence-electron chi connectivity index (χ0n) is 10.8. The predicted octanol–water partition coefficient (Wildman–Crippen LogP) is 2.72. The van der Waals surface area contributed by atoms with Gasteiger partial charge < -0.3 is 10.2 Å². The summed E-state index contributed by atoms with van der Waals surface area (Å²) in [7, 11) is 0. The molecule has 106 valence electrons. The number of hydrogen-bond donors (Lipinski definition) is 3. The quantitative estimate of drug-likeness (QED) is 0.265. The van der Waals surface area contributed by atoms with Crippen molar-refractivity contribution in [3.05, 3.63) is 46.4 Å². The van der Waals surface area contributed by atoms with E-state index >= 15 is 0 Å². The van der Waals surface area contributed by atoms with Crippen LogP contribution in [0, 0.1) is 6.92 Å². The summed E-state index contributed by atoms with van der Waals surface area (Å²) in [6, 6.07) is 7.14. The van der Waals surface area contributed by atoms with Crippen LogP contribution in [-0.4, -0.2) is 5.91 Å². The summed E-state index contributed by atoms with van der Waals surface area (Å²) < 4.78 is 5.47.